The van der Waals surface area contributed by atoms with Gasteiger partial charge >= 0.3 is 0 Å². The van der Waals surface area contributed by atoms with Crippen molar-refractivity contribution in [3.05, 3.63) is 51.4 Å². The lowest BCUT2D eigenvalue weighted by atomic mass is 10.1. The van der Waals surface area contributed by atoms with E-state index >= 15 is 0 Å². The van der Waals surface area contributed by atoms with Gasteiger partial charge in [-0.1, -0.05) is 0 Å². The van der Waals surface area contributed by atoms with Gasteiger partial charge in [-0.2, -0.15) is 0 Å². The molecule has 106 valence electrons. The van der Waals surface area contributed by atoms with Crippen LogP contribution in [0.25, 0.3) is 0 Å². The highest BCUT2D eigenvalue weighted by Gasteiger charge is 2.12. The fourth-order valence-electron chi connectivity index (χ4n) is 1.96. The summed E-state index contributed by atoms with van der Waals surface area (Å²) < 4.78 is 19.8. The van der Waals surface area contributed by atoms with Gasteiger partial charge in [-0.15, -0.1) is 0 Å². The van der Waals surface area contributed by atoms with Crippen molar-refractivity contribution in [3.63, 3.8) is 0 Å². The summed E-state index contributed by atoms with van der Waals surface area (Å²) in [5.41, 5.74) is 2.92. The second kappa shape index (κ2) is 6.33. The van der Waals surface area contributed by atoms with Crippen molar-refractivity contribution in [2.75, 3.05) is 7.05 Å². The highest BCUT2D eigenvalue weighted by atomic mass is 79.9. The van der Waals surface area contributed by atoms with Crippen molar-refractivity contribution in [1.29, 1.82) is 0 Å². The standard InChI is InChI=1S/C15H16BrFN2O/c1-9-6-10(2)19-15(12(9)8-18-3)20-14-7-11(17)4-5-13(14)16/h4-7,18H,8H2,1-3H3. The average Bonchev–Trinajstić information content (AvgIpc) is 2.38. The van der Waals surface area contributed by atoms with Crippen molar-refractivity contribution in [2.24, 2.45) is 0 Å². The highest BCUT2D eigenvalue weighted by Crippen LogP contribution is 2.32. The topological polar surface area (TPSA) is 34.2 Å². The van der Waals surface area contributed by atoms with Gasteiger partial charge in [0.05, 0.1) is 4.47 Å². The zero-order valence-corrected chi connectivity index (χ0v) is 13.2. The van der Waals surface area contributed by atoms with Crippen LogP contribution in [0.2, 0.25) is 0 Å². The van der Waals surface area contributed by atoms with E-state index < -0.39 is 0 Å². The zero-order valence-electron chi connectivity index (χ0n) is 11.6. The summed E-state index contributed by atoms with van der Waals surface area (Å²) in [4.78, 5) is 4.41. The maximum atomic E-state index is 13.3. The molecule has 1 heterocycles. The van der Waals surface area contributed by atoms with Crippen molar-refractivity contribution < 1.29 is 9.13 Å². The Bertz CT molecular complexity index is 632. The van der Waals surface area contributed by atoms with Crippen molar-refractivity contribution in [1.82, 2.24) is 10.3 Å². The smallest absolute Gasteiger partial charge is 0.224 e. The molecule has 0 aliphatic carbocycles. The first-order valence-electron chi connectivity index (χ1n) is 6.26. The molecular formula is C15H16BrFN2O. The molecule has 0 unspecified atom stereocenters. The minimum atomic E-state index is -0.345. The van der Waals surface area contributed by atoms with E-state index in [0.717, 1.165) is 16.8 Å². The molecule has 0 fully saturated rings. The molecule has 1 aromatic carbocycles. The quantitative estimate of drug-likeness (QED) is 0.910. The molecule has 0 saturated carbocycles. The number of hydrogen-bond donors (Lipinski definition) is 1. The minimum Gasteiger partial charge on any atom is -0.437 e. The molecule has 0 atom stereocenters. The predicted molar refractivity (Wildman–Crippen MR) is 80.6 cm³/mol. The summed E-state index contributed by atoms with van der Waals surface area (Å²) in [5.74, 6) is 0.575. The van der Waals surface area contributed by atoms with E-state index in [1.54, 1.807) is 6.07 Å². The molecule has 0 spiro atoms. The Labute approximate surface area is 126 Å². The maximum Gasteiger partial charge on any atom is 0.224 e. The summed E-state index contributed by atoms with van der Waals surface area (Å²) in [6.07, 6.45) is 0. The number of pyridine rings is 1. The molecule has 20 heavy (non-hydrogen) atoms. The zero-order chi connectivity index (χ0) is 14.7. The number of ether oxygens (including phenoxy) is 1. The van der Waals surface area contributed by atoms with Crippen molar-refractivity contribution in [3.8, 4) is 11.6 Å². The van der Waals surface area contributed by atoms with Gasteiger partial charge in [0.1, 0.15) is 11.6 Å². The van der Waals surface area contributed by atoms with Crippen LogP contribution in [-0.2, 0) is 6.54 Å². The lowest BCUT2D eigenvalue weighted by molar-refractivity contribution is 0.445. The molecule has 5 heteroatoms. The highest BCUT2D eigenvalue weighted by molar-refractivity contribution is 9.10. The molecule has 1 N–H and O–H groups in total. The van der Waals surface area contributed by atoms with Gasteiger partial charge in [0.15, 0.2) is 0 Å². The molecular weight excluding hydrogens is 323 g/mol. The number of nitrogens with one attached hydrogen (secondary N) is 1. The van der Waals surface area contributed by atoms with Crippen molar-refractivity contribution >= 4 is 15.9 Å². The molecule has 0 radical (unpaired) electrons. The first-order chi connectivity index (χ1) is 9.51. The van der Waals surface area contributed by atoms with Gasteiger partial charge in [-0.3, -0.25) is 0 Å². The third kappa shape index (κ3) is 3.35. The Kier molecular flexibility index (Phi) is 4.73. The van der Waals surface area contributed by atoms with E-state index in [9.17, 15) is 4.39 Å². The molecule has 0 saturated heterocycles. The van der Waals surface area contributed by atoms with Crippen LogP contribution < -0.4 is 10.1 Å². The van der Waals surface area contributed by atoms with Gasteiger partial charge in [0.25, 0.3) is 0 Å². The molecule has 3 nitrogen and oxygen atoms in total. The Balaban J connectivity index is 2.44. The molecule has 2 rings (SSSR count). The number of hydrogen-bond acceptors (Lipinski definition) is 3. The Morgan fingerprint density at radius 1 is 1.30 bits per heavy atom. The van der Waals surface area contributed by atoms with Crippen LogP contribution in [0.4, 0.5) is 4.39 Å². The SMILES string of the molecule is CNCc1c(C)cc(C)nc1Oc1cc(F)ccc1Br. The van der Waals surface area contributed by atoms with E-state index in [0.29, 0.717) is 22.6 Å². The Morgan fingerprint density at radius 3 is 2.75 bits per heavy atom. The predicted octanol–water partition coefficient (Wildman–Crippen LogP) is 4.11. The van der Waals surface area contributed by atoms with Crippen LogP contribution >= 0.6 is 15.9 Å². The lowest BCUT2D eigenvalue weighted by Gasteiger charge is -2.14. The summed E-state index contributed by atoms with van der Waals surface area (Å²) in [7, 11) is 1.86. The fraction of sp³-hybridized carbons (Fsp3) is 0.267. The van der Waals surface area contributed by atoms with E-state index in [1.807, 2.05) is 27.0 Å². The molecule has 0 aliphatic rings. The molecule has 2 aromatic rings. The number of rotatable bonds is 4. The number of benzene rings is 1. The average molecular weight is 339 g/mol. The van der Waals surface area contributed by atoms with Crippen LogP contribution in [0.5, 0.6) is 11.6 Å². The van der Waals surface area contributed by atoms with E-state index in [4.69, 9.17) is 4.74 Å². The summed E-state index contributed by atoms with van der Waals surface area (Å²) in [5, 5.41) is 3.09. The summed E-state index contributed by atoms with van der Waals surface area (Å²) in [6, 6.07) is 6.33. The summed E-state index contributed by atoms with van der Waals surface area (Å²) >= 11 is 3.35. The third-order valence-corrected chi connectivity index (χ3v) is 3.55. The van der Waals surface area contributed by atoms with Crippen LogP contribution in [-0.4, -0.2) is 12.0 Å². The van der Waals surface area contributed by atoms with E-state index in [1.165, 1.54) is 12.1 Å². The van der Waals surface area contributed by atoms with Gasteiger partial charge < -0.3 is 10.1 Å². The molecule has 0 bridgehead atoms. The normalized spacial score (nSPS) is 10.7. The lowest BCUT2D eigenvalue weighted by Crippen LogP contribution is -2.10. The minimum absolute atomic E-state index is 0.345. The van der Waals surface area contributed by atoms with Crippen LogP contribution in [0, 0.1) is 19.7 Å². The van der Waals surface area contributed by atoms with Gasteiger partial charge in [-0.25, -0.2) is 9.37 Å². The number of aromatic nitrogens is 1. The van der Waals surface area contributed by atoms with Crippen LogP contribution in [0.3, 0.4) is 0 Å². The molecule has 0 aliphatic heterocycles. The fourth-order valence-corrected chi connectivity index (χ4v) is 2.29. The molecule has 1 aromatic heterocycles. The first-order valence-corrected chi connectivity index (χ1v) is 7.05. The van der Waals surface area contributed by atoms with Gasteiger partial charge in [0.2, 0.25) is 5.88 Å². The molecule has 0 amide bonds. The largest absolute Gasteiger partial charge is 0.437 e. The van der Waals surface area contributed by atoms with Gasteiger partial charge in [-0.05, 0) is 60.6 Å². The van der Waals surface area contributed by atoms with Crippen LogP contribution in [0.1, 0.15) is 16.8 Å². The number of halogens is 2. The monoisotopic (exact) mass is 338 g/mol. The van der Waals surface area contributed by atoms with E-state index in [2.05, 4.69) is 26.2 Å². The third-order valence-electron chi connectivity index (χ3n) is 2.89. The van der Waals surface area contributed by atoms with Gasteiger partial charge in [0, 0.05) is 23.9 Å². The first kappa shape index (κ1) is 14.9. The Morgan fingerprint density at radius 2 is 2.05 bits per heavy atom. The second-order valence-electron chi connectivity index (χ2n) is 4.57. The Hall–Kier alpha value is -1.46. The van der Waals surface area contributed by atoms with Crippen LogP contribution in [0.15, 0.2) is 28.7 Å². The maximum absolute atomic E-state index is 13.3. The van der Waals surface area contributed by atoms with Crippen molar-refractivity contribution in [2.45, 2.75) is 20.4 Å². The van der Waals surface area contributed by atoms with E-state index in [-0.39, 0.29) is 5.82 Å². The second-order valence-corrected chi connectivity index (χ2v) is 5.43. The summed E-state index contributed by atoms with van der Waals surface area (Å²) in [6.45, 7) is 4.56. The number of aryl methyl sites for hydroxylation is 2. The number of nitrogens with zero attached hydrogens (tertiary/aromatic N) is 1.